The van der Waals surface area contributed by atoms with Crippen molar-refractivity contribution in [2.45, 2.75) is 33.1 Å². The quantitative estimate of drug-likeness (QED) is 0.798. The molecule has 2 aromatic rings. The molecule has 1 nitrogen and oxygen atoms in total. The van der Waals surface area contributed by atoms with Crippen LogP contribution in [0.3, 0.4) is 0 Å². The van der Waals surface area contributed by atoms with Crippen molar-refractivity contribution < 1.29 is 0 Å². The van der Waals surface area contributed by atoms with E-state index >= 15 is 0 Å². The lowest BCUT2D eigenvalue weighted by Gasteiger charge is -2.15. The molecule has 0 spiro atoms. The standard InChI is InChI=1S/C18H23N/c1-14-8-7-11-18(16(14)3)19-13-12-15(2)17-9-5-4-6-10-17/h4-11,15,19H,12-13H2,1-3H3. The van der Waals surface area contributed by atoms with Crippen molar-refractivity contribution in [3.8, 4) is 0 Å². The maximum absolute atomic E-state index is 3.55. The maximum atomic E-state index is 3.55. The first-order chi connectivity index (χ1) is 9.18. The van der Waals surface area contributed by atoms with Crippen molar-refractivity contribution in [2.75, 3.05) is 11.9 Å². The predicted molar refractivity (Wildman–Crippen MR) is 83.9 cm³/mol. The van der Waals surface area contributed by atoms with E-state index in [9.17, 15) is 0 Å². The van der Waals surface area contributed by atoms with Gasteiger partial charge in [0, 0.05) is 12.2 Å². The van der Waals surface area contributed by atoms with E-state index in [-0.39, 0.29) is 0 Å². The lowest BCUT2D eigenvalue weighted by molar-refractivity contribution is 0.706. The van der Waals surface area contributed by atoms with E-state index in [0.717, 1.165) is 13.0 Å². The fourth-order valence-corrected chi connectivity index (χ4v) is 2.31. The van der Waals surface area contributed by atoms with Crippen molar-refractivity contribution in [3.63, 3.8) is 0 Å². The van der Waals surface area contributed by atoms with Crippen LogP contribution in [0.1, 0.15) is 36.0 Å². The second kappa shape index (κ2) is 6.42. The predicted octanol–water partition coefficient (Wildman–Crippen LogP) is 4.91. The Balaban J connectivity index is 1.88. The fraction of sp³-hybridized carbons (Fsp3) is 0.333. The molecule has 0 aliphatic carbocycles. The van der Waals surface area contributed by atoms with Gasteiger partial charge >= 0.3 is 0 Å². The number of aryl methyl sites for hydroxylation is 1. The Morgan fingerprint density at radius 3 is 2.42 bits per heavy atom. The summed E-state index contributed by atoms with van der Waals surface area (Å²) in [6.07, 6.45) is 1.15. The van der Waals surface area contributed by atoms with Gasteiger partial charge < -0.3 is 5.32 Å². The molecule has 0 aromatic heterocycles. The molecule has 1 atom stereocenters. The Labute approximate surface area is 116 Å². The zero-order valence-electron chi connectivity index (χ0n) is 12.1. The average molecular weight is 253 g/mol. The van der Waals surface area contributed by atoms with Crippen LogP contribution in [0.25, 0.3) is 0 Å². The molecule has 2 rings (SSSR count). The SMILES string of the molecule is Cc1cccc(NCCC(C)c2ccccc2)c1C. The van der Waals surface area contributed by atoms with Crippen molar-refractivity contribution in [2.24, 2.45) is 0 Å². The zero-order chi connectivity index (χ0) is 13.7. The summed E-state index contributed by atoms with van der Waals surface area (Å²) in [7, 11) is 0. The van der Waals surface area contributed by atoms with Crippen molar-refractivity contribution in [1.82, 2.24) is 0 Å². The highest BCUT2D eigenvalue weighted by molar-refractivity contribution is 5.53. The van der Waals surface area contributed by atoms with Gasteiger partial charge in [0.15, 0.2) is 0 Å². The molecular formula is C18H23N. The molecule has 0 bridgehead atoms. The summed E-state index contributed by atoms with van der Waals surface area (Å²) in [4.78, 5) is 0. The van der Waals surface area contributed by atoms with E-state index in [1.54, 1.807) is 0 Å². The molecule has 1 N–H and O–H groups in total. The third kappa shape index (κ3) is 3.60. The lowest BCUT2D eigenvalue weighted by Crippen LogP contribution is -2.07. The van der Waals surface area contributed by atoms with Gasteiger partial charge in [0.05, 0.1) is 0 Å². The van der Waals surface area contributed by atoms with E-state index in [4.69, 9.17) is 0 Å². The summed E-state index contributed by atoms with van der Waals surface area (Å²) in [6, 6.07) is 17.2. The number of hydrogen-bond acceptors (Lipinski definition) is 1. The molecular weight excluding hydrogens is 230 g/mol. The molecule has 0 aliphatic heterocycles. The van der Waals surface area contributed by atoms with Gasteiger partial charge in [-0.05, 0) is 48.9 Å². The second-order valence-electron chi connectivity index (χ2n) is 5.27. The van der Waals surface area contributed by atoms with Crippen molar-refractivity contribution in [1.29, 1.82) is 0 Å². The van der Waals surface area contributed by atoms with E-state index in [0.29, 0.717) is 5.92 Å². The minimum absolute atomic E-state index is 0.596. The van der Waals surface area contributed by atoms with Crippen LogP contribution >= 0.6 is 0 Å². The molecule has 19 heavy (non-hydrogen) atoms. The number of anilines is 1. The minimum Gasteiger partial charge on any atom is -0.385 e. The third-order valence-electron chi connectivity index (χ3n) is 3.87. The van der Waals surface area contributed by atoms with E-state index < -0.39 is 0 Å². The van der Waals surface area contributed by atoms with Gasteiger partial charge in [0.2, 0.25) is 0 Å². The Bertz CT molecular complexity index is 516. The van der Waals surface area contributed by atoms with Crippen LogP contribution in [0, 0.1) is 13.8 Å². The molecule has 1 unspecified atom stereocenters. The van der Waals surface area contributed by atoms with Gasteiger partial charge in [0.1, 0.15) is 0 Å². The molecule has 0 radical (unpaired) electrons. The van der Waals surface area contributed by atoms with Gasteiger partial charge in [-0.25, -0.2) is 0 Å². The summed E-state index contributed by atoms with van der Waals surface area (Å²) in [6.45, 7) is 7.64. The normalized spacial score (nSPS) is 12.2. The van der Waals surface area contributed by atoms with Gasteiger partial charge in [-0.1, -0.05) is 49.4 Å². The second-order valence-corrected chi connectivity index (χ2v) is 5.27. The average Bonchev–Trinajstić information content (AvgIpc) is 2.44. The largest absolute Gasteiger partial charge is 0.385 e. The maximum Gasteiger partial charge on any atom is 0.0372 e. The van der Waals surface area contributed by atoms with Crippen LogP contribution in [0.5, 0.6) is 0 Å². The molecule has 0 amide bonds. The van der Waals surface area contributed by atoms with E-state index in [2.05, 4.69) is 74.6 Å². The number of rotatable bonds is 5. The van der Waals surface area contributed by atoms with Gasteiger partial charge in [-0.3, -0.25) is 0 Å². The lowest BCUT2D eigenvalue weighted by atomic mass is 9.98. The van der Waals surface area contributed by atoms with Crippen LogP contribution < -0.4 is 5.32 Å². The molecule has 0 aliphatic rings. The van der Waals surface area contributed by atoms with Crippen LogP contribution in [0.2, 0.25) is 0 Å². The van der Waals surface area contributed by atoms with E-state index in [1.165, 1.54) is 22.4 Å². The molecule has 0 heterocycles. The highest BCUT2D eigenvalue weighted by atomic mass is 14.9. The number of nitrogens with one attached hydrogen (secondary N) is 1. The Morgan fingerprint density at radius 1 is 0.947 bits per heavy atom. The van der Waals surface area contributed by atoms with Crippen LogP contribution in [0.15, 0.2) is 48.5 Å². The van der Waals surface area contributed by atoms with Gasteiger partial charge in [0.25, 0.3) is 0 Å². The van der Waals surface area contributed by atoms with Crippen molar-refractivity contribution >= 4 is 5.69 Å². The summed E-state index contributed by atoms with van der Waals surface area (Å²) >= 11 is 0. The molecule has 0 saturated heterocycles. The first-order valence-corrected chi connectivity index (χ1v) is 7.03. The molecule has 100 valence electrons. The first kappa shape index (κ1) is 13.7. The topological polar surface area (TPSA) is 12.0 Å². The highest BCUT2D eigenvalue weighted by Crippen LogP contribution is 2.21. The Kier molecular flexibility index (Phi) is 4.62. The Morgan fingerprint density at radius 2 is 1.68 bits per heavy atom. The zero-order valence-corrected chi connectivity index (χ0v) is 12.1. The smallest absolute Gasteiger partial charge is 0.0372 e. The fourth-order valence-electron chi connectivity index (χ4n) is 2.31. The molecule has 1 heteroatoms. The highest BCUT2D eigenvalue weighted by Gasteiger charge is 2.05. The summed E-state index contributed by atoms with van der Waals surface area (Å²) < 4.78 is 0. The number of benzene rings is 2. The molecule has 0 fully saturated rings. The van der Waals surface area contributed by atoms with Crippen LogP contribution in [0.4, 0.5) is 5.69 Å². The Hall–Kier alpha value is -1.76. The third-order valence-corrected chi connectivity index (χ3v) is 3.87. The van der Waals surface area contributed by atoms with E-state index in [1.807, 2.05) is 0 Å². The van der Waals surface area contributed by atoms with Gasteiger partial charge in [-0.2, -0.15) is 0 Å². The first-order valence-electron chi connectivity index (χ1n) is 7.03. The number of hydrogen-bond donors (Lipinski definition) is 1. The molecule has 2 aromatic carbocycles. The minimum atomic E-state index is 0.596. The summed E-state index contributed by atoms with van der Waals surface area (Å²) in [5.74, 6) is 0.596. The monoisotopic (exact) mass is 253 g/mol. The van der Waals surface area contributed by atoms with Crippen LogP contribution in [-0.2, 0) is 0 Å². The van der Waals surface area contributed by atoms with Gasteiger partial charge in [-0.15, -0.1) is 0 Å². The van der Waals surface area contributed by atoms with Crippen molar-refractivity contribution in [3.05, 3.63) is 65.2 Å². The van der Waals surface area contributed by atoms with Crippen LogP contribution in [-0.4, -0.2) is 6.54 Å². The molecule has 0 saturated carbocycles. The summed E-state index contributed by atoms with van der Waals surface area (Å²) in [5, 5.41) is 3.55. The summed E-state index contributed by atoms with van der Waals surface area (Å²) in [5.41, 5.74) is 5.39.